The van der Waals surface area contributed by atoms with Crippen LogP contribution in [-0.2, 0) is 6.54 Å². The highest BCUT2D eigenvalue weighted by molar-refractivity contribution is 6.32. The quantitative estimate of drug-likeness (QED) is 0.896. The van der Waals surface area contributed by atoms with Crippen LogP contribution in [-0.4, -0.2) is 20.9 Å². The molecule has 0 saturated carbocycles. The van der Waals surface area contributed by atoms with Gasteiger partial charge in [0.2, 0.25) is 0 Å². The maximum atomic E-state index is 12.5. The molecule has 0 aliphatic rings. The topological polar surface area (TPSA) is 55.1 Å². The van der Waals surface area contributed by atoms with Crippen LogP contribution in [0.25, 0.3) is 0 Å². The molecule has 90 valence electrons. The van der Waals surface area contributed by atoms with E-state index in [-0.39, 0.29) is 11.1 Å². The lowest BCUT2D eigenvalue weighted by atomic mass is 10.2. The summed E-state index contributed by atoms with van der Waals surface area (Å²) in [7, 11) is 0. The van der Waals surface area contributed by atoms with Gasteiger partial charge in [0.15, 0.2) is 0 Å². The molecule has 0 fully saturated rings. The van der Waals surface area contributed by atoms with Crippen LogP contribution in [0.1, 0.15) is 36.3 Å². The number of hydrogen-bond donors (Lipinski definition) is 1. The number of aromatic carboxylic acids is 1. The maximum absolute atomic E-state index is 12.5. The summed E-state index contributed by atoms with van der Waals surface area (Å²) in [4.78, 5) is 10.8. The predicted molar refractivity (Wildman–Crippen MR) is 54.0 cm³/mol. The molecule has 0 amide bonds. The second-order valence-electron chi connectivity index (χ2n) is 3.73. The number of carboxylic acids is 1. The fourth-order valence-electron chi connectivity index (χ4n) is 1.28. The summed E-state index contributed by atoms with van der Waals surface area (Å²) in [6, 6.07) is 0. The fourth-order valence-corrected chi connectivity index (χ4v) is 1.56. The molecule has 0 atom stereocenters. The van der Waals surface area contributed by atoms with Gasteiger partial charge in [-0.2, -0.15) is 5.10 Å². The zero-order chi connectivity index (χ0) is 12.5. The van der Waals surface area contributed by atoms with Gasteiger partial charge < -0.3 is 5.11 Å². The Hall–Kier alpha value is -1.17. The first-order valence-electron chi connectivity index (χ1n) is 4.62. The first kappa shape index (κ1) is 12.9. The second-order valence-corrected chi connectivity index (χ2v) is 4.09. The minimum absolute atomic E-state index is 0.129. The average Bonchev–Trinajstić information content (AvgIpc) is 2.43. The number of halogens is 3. The zero-order valence-electron chi connectivity index (χ0n) is 8.75. The summed E-state index contributed by atoms with van der Waals surface area (Å²) >= 11 is 5.70. The highest BCUT2D eigenvalue weighted by Crippen LogP contribution is 2.28. The first-order chi connectivity index (χ1) is 7.34. The van der Waals surface area contributed by atoms with E-state index in [1.165, 1.54) is 0 Å². The van der Waals surface area contributed by atoms with Gasteiger partial charge in [0.05, 0.1) is 0 Å². The summed E-state index contributed by atoms with van der Waals surface area (Å²) in [6.07, 6.45) is -2.95. The molecule has 0 radical (unpaired) electrons. The van der Waals surface area contributed by atoms with Crippen molar-refractivity contribution in [2.45, 2.75) is 26.8 Å². The predicted octanol–water partition coefficient (Wildman–Crippen LogP) is 2.83. The van der Waals surface area contributed by atoms with E-state index in [0.717, 1.165) is 4.68 Å². The Bertz CT molecular complexity index is 404. The van der Waals surface area contributed by atoms with E-state index in [2.05, 4.69) is 5.10 Å². The van der Waals surface area contributed by atoms with Crippen molar-refractivity contribution in [3.8, 4) is 0 Å². The van der Waals surface area contributed by atoms with Crippen molar-refractivity contribution >= 4 is 17.6 Å². The molecule has 1 N–H and O–H groups in total. The van der Waals surface area contributed by atoms with Crippen LogP contribution < -0.4 is 0 Å². The Kier molecular flexibility index (Phi) is 3.85. The second kappa shape index (κ2) is 4.78. The number of carbonyl (C=O) groups is 1. The number of alkyl halides is 2. The smallest absolute Gasteiger partial charge is 0.341 e. The van der Waals surface area contributed by atoms with Gasteiger partial charge in [0, 0.05) is 6.54 Å². The summed E-state index contributed by atoms with van der Waals surface area (Å²) < 4.78 is 26.1. The largest absolute Gasteiger partial charge is 0.478 e. The van der Waals surface area contributed by atoms with E-state index in [0.29, 0.717) is 6.54 Å². The minimum Gasteiger partial charge on any atom is -0.478 e. The van der Waals surface area contributed by atoms with E-state index in [1.54, 1.807) is 0 Å². The van der Waals surface area contributed by atoms with Gasteiger partial charge in [-0.05, 0) is 5.92 Å². The molecule has 1 heterocycles. The Labute approximate surface area is 95.8 Å². The molecule has 0 unspecified atom stereocenters. The molecule has 1 aromatic heterocycles. The summed E-state index contributed by atoms with van der Waals surface area (Å²) in [6.45, 7) is 3.99. The first-order valence-corrected chi connectivity index (χ1v) is 5.00. The third kappa shape index (κ3) is 2.49. The highest BCUT2D eigenvalue weighted by Gasteiger charge is 2.27. The van der Waals surface area contributed by atoms with Crippen molar-refractivity contribution in [1.82, 2.24) is 9.78 Å². The van der Waals surface area contributed by atoms with Crippen LogP contribution in [0.4, 0.5) is 8.78 Å². The van der Waals surface area contributed by atoms with E-state index in [4.69, 9.17) is 16.7 Å². The van der Waals surface area contributed by atoms with Gasteiger partial charge >= 0.3 is 5.97 Å². The Balaban J connectivity index is 3.24. The van der Waals surface area contributed by atoms with Gasteiger partial charge in [-0.25, -0.2) is 13.6 Å². The number of rotatable bonds is 4. The van der Waals surface area contributed by atoms with Crippen LogP contribution in [0, 0.1) is 5.92 Å². The third-order valence-electron chi connectivity index (χ3n) is 1.88. The number of nitrogens with zero attached hydrogens (tertiary/aromatic N) is 2. The lowest BCUT2D eigenvalue weighted by Crippen LogP contribution is -2.06. The third-order valence-corrected chi connectivity index (χ3v) is 2.26. The van der Waals surface area contributed by atoms with Crippen LogP contribution in [0.2, 0.25) is 5.15 Å². The lowest BCUT2D eigenvalue weighted by Gasteiger charge is -2.05. The molecule has 0 spiro atoms. The van der Waals surface area contributed by atoms with Gasteiger partial charge in [0.1, 0.15) is 16.4 Å². The van der Waals surface area contributed by atoms with Crippen LogP contribution in [0.15, 0.2) is 0 Å². The number of hydrogen-bond acceptors (Lipinski definition) is 2. The van der Waals surface area contributed by atoms with Gasteiger partial charge in [-0.1, -0.05) is 25.4 Å². The molecular formula is C9H11ClF2N2O2. The molecule has 1 rings (SSSR count). The molecule has 0 saturated heterocycles. The van der Waals surface area contributed by atoms with E-state index >= 15 is 0 Å². The van der Waals surface area contributed by atoms with Crippen LogP contribution in [0.3, 0.4) is 0 Å². The molecule has 1 aromatic rings. The van der Waals surface area contributed by atoms with Crippen molar-refractivity contribution in [3.05, 3.63) is 16.4 Å². The molecule has 0 bridgehead atoms. The molecule has 0 aliphatic heterocycles. The van der Waals surface area contributed by atoms with Crippen molar-refractivity contribution in [3.63, 3.8) is 0 Å². The van der Waals surface area contributed by atoms with Crippen molar-refractivity contribution < 1.29 is 18.7 Å². The standard InChI is InChI=1S/C9H11ClF2N2O2/c1-4(2)3-14-7(10)5(9(15)16)6(13-14)8(11)12/h4,8H,3H2,1-2H3,(H,15,16). The van der Waals surface area contributed by atoms with Gasteiger partial charge in [-0.3, -0.25) is 4.68 Å². The lowest BCUT2D eigenvalue weighted by molar-refractivity contribution is 0.0684. The average molecular weight is 253 g/mol. The normalized spacial score (nSPS) is 11.4. The number of aromatic nitrogens is 2. The molecule has 7 heteroatoms. The highest BCUT2D eigenvalue weighted by atomic mass is 35.5. The Morgan fingerprint density at radius 3 is 2.44 bits per heavy atom. The fraction of sp³-hybridized carbons (Fsp3) is 0.556. The van der Waals surface area contributed by atoms with Gasteiger partial charge in [-0.15, -0.1) is 0 Å². The maximum Gasteiger partial charge on any atom is 0.341 e. The van der Waals surface area contributed by atoms with Crippen molar-refractivity contribution in [1.29, 1.82) is 0 Å². The Morgan fingerprint density at radius 2 is 2.12 bits per heavy atom. The molecule has 16 heavy (non-hydrogen) atoms. The van der Waals surface area contributed by atoms with E-state index in [1.807, 2.05) is 13.8 Å². The van der Waals surface area contributed by atoms with Gasteiger partial charge in [0.25, 0.3) is 6.43 Å². The summed E-state index contributed by atoms with van der Waals surface area (Å²) in [5, 5.41) is 12.0. The number of carboxylic acid groups (broad SMARTS) is 1. The van der Waals surface area contributed by atoms with Crippen LogP contribution in [0.5, 0.6) is 0 Å². The zero-order valence-corrected chi connectivity index (χ0v) is 9.50. The Morgan fingerprint density at radius 1 is 1.56 bits per heavy atom. The molecular weight excluding hydrogens is 242 g/mol. The summed E-state index contributed by atoms with van der Waals surface area (Å²) in [5.41, 5.74) is -1.39. The van der Waals surface area contributed by atoms with Crippen LogP contribution >= 0.6 is 11.6 Å². The molecule has 0 aromatic carbocycles. The van der Waals surface area contributed by atoms with Crippen molar-refractivity contribution in [2.24, 2.45) is 5.92 Å². The SMILES string of the molecule is CC(C)Cn1nc(C(F)F)c(C(=O)O)c1Cl. The monoisotopic (exact) mass is 252 g/mol. The van der Waals surface area contributed by atoms with E-state index < -0.39 is 23.7 Å². The summed E-state index contributed by atoms with van der Waals surface area (Å²) in [5.74, 6) is -1.36. The van der Waals surface area contributed by atoms with Crippen molar-refractivity contribution in [2.75, 3.05) is 0 Å². The molecule has 0 aliphatic carbocycles. The minimum atomic E-state index is -2.95. The molecule has 4 nitrogen and oxygen atoms in total. The van der Waals surface area contributed by atoms with E-state index in [9.17, 15) is 13.6 Å².